The van der Waals surface area contributed by atoms with Crippen LogP contribution in [0.2, 0.25) is 5.02 Å². The van der Waals surface area contributed by atoms with Crippen LogP contribution in [0.4, 0.5) is 0 Å². The molecule has 0 fully saturated rings. The molecule has 0 aliphatic heterocycles. The Kier molecular flexibility index (Phi) is 3.25. The van der Waals surface area contributed by atoms with Gasteiger partial charge >= 0.3 is 0 Å². The van der Waals surface area contributed by atoms with E-state index in [1.54, 1.807) is 6.20 Å². The van der Waals surface area contributed by atoms with Crippen LogP contribution in [0.15, 0.2) is 67.1 Å². The predicted molar refractivity (Wildman–Crippen MR) is 77.9 cm³/mol. The maximum absolute atomic E-state index is 6.09. The van der Waals surface area contributed by atoms with E-state index in [4.69, 9.17) is 11.6 Å². The summed E-state index contributed by atoms with van der Waals surface area (Å²) in [5, 5.41) is 0.565. The highest BCUT2D eigenvalue weighted by atomic mass is 35.5. The van der Waals surface area contributed by atoms with Gasteiger partial charge in [0, 0.05) is 11.8 Å². The number of nitrogens with zero attached hydrogens (tertiary/aromatic N) is 2. The minimum atomic E-state index is 0.565. The van der Waals surface area contributed by atoms with Crippen molar-refractivity contribution < 1.29 is 0 Å². The summed E-state index contributed by atoms with van der Waals surface area (Å²) in [6, 6.07) is 18.5. The number of aromatic nitrogens is 2. The van der Waals surface area contributed by atoms with E-state index >= 15 is 0 Å². The lowest BCUT2D eigenvalue weighted by atomic mass is 10.0. The Morgan fingerprint density at radius 2 is 1.37 bits per heavy atom. The van der Waals surface area contributed by atoms with E-state index in [0.29, 0.717) is 5.02 Å². The lowest BCUT2D eigenvalue weighted by Crippen LogP contribution is -1.86. The van der Waals surface area contributed by atoms with Crippen LogP contribution in [-0.2, 0) is 0 Å². The molecular weight excluding hydrogens is 256 g/mol. The summed E-state index contributed by atoms with van der Waals surface area (Å²) in [5.74, 6) is 0. The highest BCUT2D eigenvalue weighted by Gasteiger charge is 2.05. The van der Waals surface area contributed by atoms with E-state index in [1.807, 2.05) is 30.3 Å². The van der Waals surface area contributed by atoms with Crippen molar-refractivity contribution >= 4 is 11.6 Å². The maximum Gasteiger partial charge on any atom is 0.116 e. The van der Waals surface area contributed by atoms with Gasteiger partial charge in [0.2, 0.25) is 0 Å². The summed E-state index contributed by atoms with van der Waals surface area (Å²) in [5.41, 5.74) is 4.13. The minimum Gasteiger partial charge on any atom is -0.243 e. The summed E-state index contributed by atoms with van der Waals surface area (Å²) >= 11 is 6.09. The summed E-state index contributed by atoms with van der Waals surface area (Å²) < 4.78 is 0. The van der Waals surface area contributed by atoms with E-state index < -0.39 is 0 Å². The number of halogens is 1. The average molecular weight is 267 g/mol. The lowest BCUT2D eigenvalue weighted by Gasteiger charge is -2.05. The molecule has 92 valence electrons. The molecule has 0 saturated heterocycles. The van der Waals surface area contributed by atoms with Crippen molar-refractivity contribution in [3.05, 3.63) is 72.1 Å². The maximum atomic E-state index is 6.09. The van der Waals surface area contributed by atoms with Crippen LogP contribution >= 0.6 is 11.6 Å². The summed E-state index contributed by atoms with van der Waals surface area (Å²) in [4.78, 5) is 8.10. The molecule has 0 atom stereocenters. The molecule has 2 aromatic carbocycles. The smallest absolute Gasteiger partial charge is 0.116 e. The van der Waals surface area contributed by atoms with Gasteiger partial charge in [-0.15, -0.1) is 0 Å². The van der Waals surface area contributed by atoms with Crippen molar-refractivity contribution in [1.82, 2.24) is 9.97 Å². The largest absolute Gasteiger partial charge is 0.243 e. The monoisotopic (exact) mass is 266 g/mol. The van der Waals surface area contributed by atoms with Crippen LogP contribution < -0.4 is 0 Å². The minimum absolute atomic E-state index is 0.565. The molecule has 3 rings (SSSR count). The van der Waals surface area contributed by atoms with Crippen LogP contribution in [0.3, 0.4) is 0 Å². The topological polar surface area (TPSA) is 25.8 Å². The molecule has 19 heavy (non-hydrogen) atoms. The Hall–Kier alpha value is -2.19. The van der Waals surface area contributed by atoms with Crippen LogP contribution in [0.25, 0.3) is 22.4 Å². The summed E-state index contributed by atoms with van der Waals surface area (Å²) in [6.07, 6.45) is 3.11. The first kappa shape index (κ1) is 11.9. The van der Waals surface area contributed by atoms with E-state index in [-0.39, 0.29) is 0 Å². The van der Waals surface area contributed by atoms with Crippen LogP contribution in [0, 0.1) is 0 Å². The molecule has 0 aliphatic rings. The third kappa shape index (κ3) is 2.49. The van der Waals surface area contributed by atoms with Crippen molar-refractivity contribution in [3.63, 3.8) is 0 Å². The fourth-order valence-electron chi connectivity index (χ4n) is 1.98. The van der Waals surface area contributed by atoms with Gasteiger partial charge in [0.15, 0.2) is 0 Å². The molecule has 0 aliphatic carbocycles. The van der Waals surface area contributed by atoms with Crippen LogP contribution in [-0.4, -0.2) is 9.97 Å². The van der Waals surface area contributed by atoms with E-state index in [0.717, 1.165) is 11.3 Å². The van der Waals surface area contributed by atoms with Gasteiger partial charge in [0.05, 0.1) is 10.7 Å². The molecule has 1 aromatic heterocycles. The molecular formula is C16H11ClN2. The standard InChI is InChI=1S/C16H11ClN2/c17-15-10-18-11-19-16(15)14-8-6-13(7-9-14)12-4-2-1-3-5-12/h1-11H. The molecule has 3 aromatic rings. The van der Waals surface area contributed by atoms with E-state index in [1.165, 1.54) is 17.5 Å². The Morgan fingerprint density at radius 3 is 2.05 bits per heavy atom. The molecule has 0 unspecified atom stereocenters. The second-order valence-corrected chi connectivity index (χ2v) is 4.57. The molecule has 3 heteroatoms. The van der Waals surface area contributed by atoms with Gasteiger partial charge in [-0.25, -0.2) is 9.97 Å². The normalized spacial score (nSPS) is 10.4. The molecule has 2 nitrogen and oxygen atoms in total. The third-order valence-corrected chi connectivity index (χ3v) is 3.21. The van der Waals surface area contributed by atoms with Gasteiger partial charge in [0.1, 0.15) is 6.33 Å². The highest BCUT2D eigenvalue weighted by molar-refractivity contribution is 6.32. The molecule has 0 saturated carbocycles. The van der Waals surface area contributed by atoms with Crippen LogP contribution in [0.1, 0.15) is 0 Å². The van der Waals surface area contributed by atoms with Gasteiger partial charge in [-0.1, -0.05) is 66.2 Å². The summed E-state index contributed by atoms with van der Waals surface area (Å²) in [6.45, 7) is 0. The van der Waals surface area contributed by atoms with Crippen LogP contribution in [0.5, 0.6) is 0 Å². The zero-order chi connectivity index (χ0) is 13.1. The Morgan fingerprint density at radius 1 is 0.737 bits per heavy atom. The fourth-order valence-corrected chi connectivity index (χ4v) is 2.19. The predicted octanol–water partition coefficient (Wildman–Crippen LogP) is 4.46. The Balaban J connectivity index is 1.98. The van der Waals surface area contributed by atoms with Crippen molar-refractivity contribution in [1.29, 1.82) is 0 Å². The lowest BCUT2D eigenvalue weighted by molar-refractivity contribution is 1.17. The second kappa shape index (κ2) is 5.21. The van der Waals surface area contributed by atoms with Gasteiger partial charge < -0.3 is 0 Å². The number of hydrogen-bond acceptors (Lipinski definition) is 2. The average Bonchev–Trinajstić information content (AvgIpc) is 2.49. The number of hydrogen-bond donors (Lipinski definition) is 0. The first-order valence-electron chi connectivity index (χ1n) is 5.96. The third-order valence-electron chi connectivity index (χ3n) is 2.93. The first-order valence-corrected chi connectivity index (χ1v) is 6.34. The van der Waals surface area contributed by atoms with Gasteiger partial charge in [-0.3, -0.25) is 0 Å². The summed E-state index contributed by atoms with van der Waals surface area (Å²) in [7, 11) is 0. The Bertz CT molecular complexity index is 679. The molecule has 1 heterocycles. The molecule has 0 N–H and O–H groups in total. The van der Waals surface area contributed by atoms with Crippen molar-refractivity contribution in [2.24, 2.45) is 0 Å². The number of benzene rings is 2. The van der Waals surface area contributed by atoms with Gasteiger partial charge in [0.25, 0.3) is 0 Å². The van der Waals surface area contributed by atoms with Crippen molar-refractivity contribution in [2.45, 2.75) is 0 Å². The van der Waals surface area contributed by atoms with Gasteiger partial charge in [-0.2, -0.15) is 0 Å². The SMILES string of the molecule is Clc1cncnc1-c1ccc(-c2ccccc2)cc1. The van der Waals surface area contributed by atoms with Gasteiger partial charge in [-0.05, 0) is 11.1 Å². The second-order valence-electron chi connectivity index (χ2n) is 4.16. The first-order chi connectivity index (χ1) is 9.34. The fraction of sp³-hybridized carbons (Fsp3) is 0. The molecule has 0 bridgehead atoms. The molecule has 0 spiro atoms. The zero-order valence-electron chi connectivity index (χ0n) is 10.1. The van der Waals surface area contributed by atoms with Crippen molar-refractivity contribution in [2.75, 3.05) is 0 Å². The number of rotatable bonds is 2. The zero-order valence-corrected chi connectivity index (χ0v) is 10.9. The molecule has 0 radical (unpaired) electrons. The molecule has 0 amide bonds. The van der Waals surface area contributed by atoms with E-state index in [9.17, 15) is 0 Å². The van der Waals surface area contributed by atoms with E-state index in [2.05, 4.69) is 34.2 Å². The Labute approximate surface area is 116 Å². The highest BCUT2D eigenvalue weighted by Crippen LogP contribution is 2.27. The quantitative estimate of drug-likeness (QED) is 0.684. The van der Waals surface area contributed by atoms with Crippen molar-refractivity contribution in [3.8, 4) is 22.4 Å².